The summed E-state index contributed by atoms with van der Waals surface area (Å²) in [6.45, 7) is 0. The van der Waals surface area contributed by atoms with Gasteiger partial charge < -0.3 is 0 Å². The van der Waals surface area contributed by atoms with Crippen molar-refractivity contribution in [2.75, 3.05) is 5.01 Å². The molecule has 0 aromatic heterocycles. The first kappa shape index (κ1) is 11.2. The summed E-state index contributed by atoms with van der Waals surface area (Å²) < 4.78 is 0. The van der Waals surface area contributed by atoms with E-state index in [4.69, 9.17) is 23.3 Å². The number of nitrogens with one attached hydrogen (secondary N) is 1. The predicted octanol–water partition coefficient (Wildman–Crippen LogP) is 0.104. The van der Waals surface area contributed by atoms with Crippen molar-refractivity contribution in [1.82, 2.24) is 5.43 Å². The van der Waals surface area contributed by atoms with Crippen molar-refractivity contribution in [3.05, 3.63) is 23.2 Å². The van der Waals surface area contributed by atoms with Crippen LogP contribution >= 0.6 is 20.8 Å². The molecular formula is C7H10ClN4OP. The van der Waals surface area contributed by atoms with E-state index in [0.717, 1.165) is 5.01 Å². The molecule has 5 nitrogen and oxygen atoms in total. The zero-order chi connectivity index (χ0) is 10.7. The second kappa shape index (κ2) is 4.57. The normalized spacial score (nSPS) is 9.71. The molecule has 7 heteroatoms. The highest BCUT2D eigenvalue weighted by Crippen LogP contribution is 2.17. The molecule has 0 spiro atoms. The maximum Gasteiger partial charge on any atom is 0.350 e. The van der Waals surface area contributed by atoms with Crippen LogP contribution in [0.1, 0.15) is 0 Å². The van der Waals surface area contributed by atoms with Gasteiger partial charge in [-0.05, 0) is 12.1 Å². The van der Waals surface area contributed by atoms with Gasteiger partial charge in [0.25, 0.3) is 0 Å². The molecule has 0 bridgehead atoms. The number of carbonyl (C=O) groups is 1. The lowest BCUT2D eigenvalue weighted by atomic mass is 10.3. The molecule has 0 aliphatic carbocycles. The number of benzene rings is 1. The molecule has 2 amide bonds. The fourth-order valence-corrected chi connectivity index (χ4v) is 1.42. The molecule has 14 heavy (non-hydrogen) atoms. The van der Waals surface area contributed by atoms with Gasteiger partial charge in [-0.2, -0.15) is 0 Å². The molecule has 1 aromatic rings. The maximum atomic E-state index is 11.1. The van der Waals surface area contributed by atoms with Crippen LogP contribution in [0.25, 0.3) is 0 Å². The lowest BCUT2D eigenvalue weighted by Crippen LogP contribution is -2.48. The number of nitrogens with zero attached hydrogens (tertiary/aromatic N) is 1. The average Bonchev–Trinajstić information content (AvgIpc) is 2.20. The number of rotatable bonds is 1. The summed E-state index contributed by atoms with van der Waals surface area (Å²) in [6, 6.07) is 4.43. The third-order valence-electron chi connectivity index (χ3n) is 1.63. The van der Waals surface area contributed by atoms with Crippen molar-refractivity contribution >= 4 is 37.9 Å². The van der Waals surface area contributed by atoms with Gasteiger partial charge in [0.15, 0.2) is 0 Å². The monoisotopic (exact) mass is 232 g/mol. The fraction of sp³-hybridized carbons (Fsp3) is 0. The van der Waals surface area contributed by atoms with E-state index < -0.39 is 6.03 Å². The molecule has 1 atom stereocenters. The Morgan fingerprint density at radius 1 is 1.57 bits per heavy atom. The standard InChI is InChI=1S/C7H10ClN4OP/c8-4-2-1-3-5(6(4)14)12(10)7(13)11-9/h1-3H,9-10,14H2,(H,11,13). The van der Waals surface area contributed by atoms with Crippen LogP contribution in [0.15, 0.2) is 18.2 Å². The van der Waals surface area contributed by atoms with E-state index in [1.54, 1.807) is 18.2 Å². The number of carbonyl (C=O) groups excluding carboxylic acids is 1. The van der Waals surface area contributed by atoms with Crippen molar-refractivity contribution < 1.29 is 4.79 Å². The van der Waals surface area contributed by atoms with Gasteiger partial charge in [0.05, 0.1) is 5.69 Å². The quantitative estimate of drug-likeness (QED) is 0.278. The highest BCUT2D eigenvalue weighted by atomic mass is 35.5. The number of nitrogens with two attached hydrogens (primary N) is 2. The highest BCUT2D eigenvalue weighted by molar-refractivity contribution is 7.28. The number of amides is 2. The second-order valence-electron chi connectivity index (χ2n) is 2.49. The van der Waals surface area contributed by atoms with Crippen LogP contribution in [0.4, 0.5) is 10.5 Å². The number of hydrogen-bond acceptors (Lipinski definition) is 3. The molecule has 1 unspecified atom stereocenters. The lowest BCUT2D eigenvalue weighted by Gasteiger charge is -2.18. The van der Waals surface area contributed by atoms with Crippen LogP contribution in [0.5, 0.6) is 0 Å². The molecule has 0 fully saturated rings. The van der Waals surface area contributed by atoms with E-state index in [-0.39, 0.29) is 0 Å². The highest BCUT2D eigenvalue weighted by Gasteiger charge is 2.13. The largest absolute Gasteiger partial charge is 0.350 e. The molecule has 0 saturated heterocycles. The zero-order valence-corrected chi connectivity index (χ0v) is 9.11. The first-order valence-electron chi connectivity index (χ1n) is 3.67. The Kier molecular flexibility index (Phi) is 3.66. The topological polar surface area (TPSA) is 84.4 Å². The maximum absolute atomic E-state index is 11.1. The van der Waals surface area contributed by atoms with Gasteiger partial charge in [0.1, 0.15) is 0 Å². The zero-order valence-electron chi connectivity index (χ0n) is 7.20. The van der Waals surface area contributed by atoms with E-state index in [0.29, 0.717) is 16.0 Å². The summed E-state index contributed by atoms with van der Waals surface area (Å²) in [6.07, 6.45) is 0. The van der Waals surface area contributed by atoms with Gasteiger partial charge in [-0.25, -0.2) is 21.5 Å². The van der Waals surface area contributed by atoms with Crippen LogP contribution in [0, 0.1) is 0 Å². The van der Waals surface area contributed by atoms with Crippen molar-refractivity contribution in [2.24, 2.45) is 11.7 Å². The number of halogens is 1. The third kappa shape index (κ3) is 2.13. The minimum atomic E-state index is -0.615. The Labute approximate surface area is 88.5 Å². The first-order chi connectivity index (χ1) is 6.57. The van der Waals surface area contributed by atoms with Crippen LogP contribution in [-0.4, -0.2) is 6.03 Å². The van der Waals surface area contributed by atoms with Gasteiger partial charge in [0.2, 0.25) is 0 Å². The number of anilines is 1. The molecule has 5 N–H and O–H groups in total. The van der Waals surface area contributed by atoms with Gasteiger partial charge in [-0.3, -0.25) is 5.43 Å². The number of hydrogen-bond donors (Lipinski definition) is 3. The van der Waals surface area contributed by atoms with Gasteiger partial charge in [0, 0.05) is 10.3 Å². The SMILES string of the molecule is NNC(=O)N(N)c1cccc(Cl)c1P. The van der Waals surface area contributed by atoms with E-state index in [1.807, 2.05) is 5.43 Å². The Morgan fingerprint density at radius 3 is 2.79 bits per heavy atom. The molecule has 0 saturated carbocycles. The minimum Gasteiger partial charge on any atom is -0.274 e. The van der Waals surface area contributed by atoms with Crippen molar-refractivity contribution in [3.63, 3.8) is 0 Å². The Balaban J connectivity index is 3.07. The molecule has 0 radical (unpaired) electrons. The smallest absolute Gasteiger partial charge is 0.274 e. The van der Waals surface area contributed by atoms with Crippen molar-refractivity contribution in [2.45, 2.75) is 0 Å². The van der Waals surface area contributed by atoms with Crippen molar-refractivity contribution in [1.29, 1.82) is 0 Å². The third-order valence-corrected chi connectivity index (χ3v) is 2.75. The van der Waals surface area contributed by atoms with Gasteiger partial charge in [-0.15, -0.1) is 9.24 Å². The fourth-order valence-electron chi connectivity index (χ4n) is 0.915. The van der Waals surface area contributed by atoms with Gasteiger partial charge in [-0.1, -0.05) is 17.7 Å². The average molecular weight is 233 g/mol. The van der Waals surface area contributed by atoms with E-state index in [2.05, 4.69) is 9.24 Å². The van der Waals surface area contributed by atoms with E-state index in [9.17, 15) is 4.79 Å². The number of hydrazine groups is 2. The molecule has 1 rings (SSSR count). The van der Waals surface area contributed by atoms with Crippen LogP contribution < -0.4 is 27.4 Å². The van der Waals surface area contributed by atoms with Crippen LogP contribution in [-0.2, 0) is 0 Å². The Hall–Kier alpha value is -0.870. The summed E-state index contributed by atoms with van der Waals surface area (Å²) in [5.74, 6) is 10.4. The molecule has 76 valence electrons. The second-order valence-corrected chi connectivity index (χ2v) is 3.48. The predicted molar refractivity (Wildman–Crippen MR) is 60.2 cm³/mol. The van der Waals surface area contributed by atoms with Crippen molar-refractivity contribution in [3.8, 4) is 0 Å². The molecule has 1 aromatic carbocycles. The summed E-state index contributed by atoms with van der Waals surface area (Å²) in [7, 11) is 2.40. The lowest BCUT2D eigenvalue weighted by molar-refractivity contribution is 0.246. The molecule has 0 aliphatic heterocycles. The molecular weight excluding hydrogens is 223 g/mol. The summed E-state index contributed by atoms with van der Waals surface area (Å²) >= 11 is 5.84. The molecule has 0 aliphatic rings. The summed E-state index contributed by atoms with van der Waals surface area (Å²) in [4.78, 5) is 11.1. The Morgan fingerprint density at radius 2 is 2.21 bits per heavy atom. The summed E-state index contributed by atoms with van der Waals surface area (Å²) in [5.41, 5.74) is 2.40. The molecule has 0 heterocycles. The van der Waals surface area contributed by atoms with Crippen LogP contribution in [0.2, 0.25) is 5.02 Å². The van der Waals surface area contributed by atoms with Gasteiger partial charge >= 0.3 is 6.03 Å². The van der Waals surface area contributed by atoms with E-state index in [1.165, 1.54) is 0 Å². The number of urea groups is 1. The Bertz CT molecular complexity index is 360. The van der Waals surface area contributed by atoms with Crippen LogP contribution in [0.3, 0.4) is 0 Å². The minimum absolute atomic E-state index is 0.477. The first-order valence-corrected chi connectivity index (χ1v) is 4.63. The van der Waals surface area contributed by atoms with E-state index >= 15 is 0 Å². The summed E-state index contributed by atoms with van der Waals surface area (Å²) in [5, 5.41) is 2.03.